The van der Waals surface area contributed by atoms with Crippen molar-refractivity contribution in [3.8, 4) is 11.8 Å². The lowest BCUT2D eigenvalue weighted by Gasteiger charge is -1.97. The zero-order chi connectivity index (χ0) is 9.66. The van der Waals surface area contributed by atoms with Crippen LogP contribution in [0.3, 0.4) is 0 Å². The Morgan fingerprint density at radius 3 is 1.25 bits per heavy atom. The minimum atomic E-state index is 1.14. The molecule has 0 fully saturated rings. The van der Waals surface area contributed by atoms with Crippen LogP contribution in [0.1, 0.15) is 66.2 Å². The van der Waals surface area contributed by atoms with Gasteiger partial charge in [-0.25, -0.2) is 0 Å². The molecule has 0 aromatic heterocycles. The van der Waals surface area contributed by atoms with E-state index in [-0.39, 0.29) is 0 Å². The fourth-order valence-electron chi connectivity index (χ4n) is 0.957. The van der Waals surface area contributed by atoms with Gasteiger partial charge in [0.15, 0.2) is 0 Å². The molecule has 12 heavy (non-hydrogen) atoms. The summed E-state index contributed by atoms with van der Waals surface area (Å²) in [5, 5.41) is 0. The van der Waals surface area contributed by atoms with Crippen molar-refractivity contribution in [2.45, 2.75) is 66.2 Å². The largest absolute Gasteiger partial charge is 0.103 e. The molecule has 0 N–H and O–H groups in total. The van der Waals surface area contributed by atoms with Gasteiger partial charge in [0, 0.05) is 12.8 Å². The number of hydrogen-bond donors (Lipinski definition) is 0. The Balaban J connectivity index is 0. The van der Waals surface area contributed by atoms with Crippen LogP contribution in [0.4, 0.5) is 0 Å². The van der Waals surface area contributed by atoms with Crippen LogP contribution in [0, 0.1) is 11.8 Å². The average molecular weight is 168 g/mol. The normalized spacial score (nSPS) is 14.3. The van der Waals surface area contributed by atoms with Gasteiger partial charge in [-0.1, -0.05) is 40.5 Å². The Bertz CT molecular complexity index is 90.9. The molecule has 0 heteroatoms. The number of rotatable bonds is 0. The summed E-state index contributed by atoms with van der Waals surface area (Å²) in [5.74, 6) is 6.27. The zero-order valence-corrected chi connectivity index (χ0v) is 9.24. The van der Waals surface area contributed by atoms with Crippen molar-refractivity contribution in [1.82, 2.24) is 0 Å². The Hall–Kier alpha value is -0.440. The topological polar surface area (TPSA) is 0 Å². The first-order chi connectivity index (χ1) is 6.00. The molecule has 0 spiro atoms. The van der Waals surface area contributed by atoms with Gasteiger partial charge in [-0.3, -0.25) is 0 Å². The molecule has 0 heterocycles. The fourth-order valence-corrected chi connectivity index (χ4v) is 0.957. The lowest BCUT2D eigenvalue weighted by atomic mass is 10.1. The van der Waals surface area contributed by atoms with E-state index in [9.17, 15) is 0 Å². The van der Waals surface area contributed by atoms with Crippen LogP contribution in [0.15, 0.2) is 0 Å². The van der Waals surface area contributed by atoms with Gasteiger partial charge in [-0.15, -0.1) is 11.8 Å². The first kappa shape index (κ1) is 14.1. The van der Waals surface area contributed by atoms with Crippen LogP contribution in [-0.4, -0.2) is 0 Å². The van der Waals surface area contributed by atoms with Crippen molar-refractivity contribution in [3.63, 3.8) is 0 Å². The van der Waals surface area contributed by atoms with Crippen molar-refractivity contribution in [1.29, 1.82) is 0 Å². The van der Waals surface area contributed by atoms with Gasteiger partial charge in [0.05, 0.1) is 0 Å². The van der Waals surface area contributed by atoms with E-state index in [1.165, 1.54) is 25.7 Å². The minimum absolute atomic E-state index is 1.14. The molecule has 0 unspecified atom stereocenters. The Labute approximate surface area is 78.8 Å². The zero-order valence-electron chi connectivity index (χ0n) is 9.24. The molecule has 0 saturated heterocycles. The first-order valence-corrected chi connectivity index (χ1v) is 5.46. The second-order valence-corrected chi connectivity index (χ2v) is 2.27. The van der Waals surface area contributed by atoms with E-state index in [4.69, 9.17) is 0 Å². The van der Waals surface area contributed by atoms with E-state index in [0.717, 1.165) is 12.8 Å². The SMILES string of the molecule is C1#CCCCCCC1.CC.CC. The second-order valence-electron chi connectivity index (χ2n) is 2.27. The van der Waals surface area contributed by atoms with Gasteiger partial charge in [0.1, 0.15) is 0 Å². The summed E-state index contributed by atoms with van der Waals surface area (Å²) in [7, 11) is 0. The molecule has 0 aliphatic heterocycles. The molecule has 0 aromatic carbocycles. The van der Waals surface area contributed by atoms with E-state index in [2.05, 4.69) is 11.8 Å². The molecule has 0 bridgehead atoms. The number of hydrogen-bond acceptors (Lipinski definition) is 0. The summed E-state index contributed by atoms with van der Waals surface area (Å²) in [5.41, 5.74) is 0. The van der Waals surface area contributed by atoms with Gasteiger partial charge >= 0.3 is 0 Å². The van der Waals surface area contributed by atoms with E-state index in [1.807, 2.05) is 27.7 Å². The fraction of sp³-hybridized carbons (Fsp3) is 0.833. The van der Waals surface area contributed by atoms with Crippen molar-refractivity contribution in [3.05, 3.63) is 0 Å². The molecule has 0 nitrogen and oxygen atoms in total. The van der Waals surface area contributed by atoms with Gasteiger partial charge in [0.25, 0.3) is 0 Å². The summed E-state index contributed by atoms with van der Waals surface area (Å²) in [4.78, 5) is 0. The molecule has 0 atom stereocenters. The molecular formula is C12H24. The van der Waals surface area contributed by atoms with Gasteiger partial charge in [-0.05, 0) is 12.8 Å². The van der Waals surface area contributed by atoms with Gasteiger partial charge in [0.2, 0.25) is 0 Å². The minimum Gasteiger partial charge on any atom is -0.103 e. The maximum atomic E-state index is 3.14. The summed E-state index contributed by atoms with van der Waals surface area (Å²) < 4.78 is 0. The molecule has 1 aliphatic carbocycles. The van der Waals surface area contributed by atoms with E-state index in [1.54, 1.807) is 0 Å². The summed E-state index contributed by atoms with van der Waals surface area (Å²) in [6.45, 7) is 8.00. The highest BCUT2D eigenvalue weighted by atomic mass is 13.9. The Morgan fingerprint density at radius 2 is 0.917 bits per heavy atom. The molecular weight excluding hydrogens is 144 g/mol. The molecule has 0 saturated carbocycles. The third-order valence-corrected chi connectivity index (χ3v) is 1.48. The quantitative estimate of drug-likeness (QED) is 0.470. The van der Waals surface area contributed by atoms with Crippen LogP contribution in [0.5, 0.6) is 0 Å². The lowest BCUT2D eigenvalue weighted by Crippen LogP contribution is -1.80. The van der Waals surface area contributed by atoms with Crippen molar-refractivity contribution >= 4 is 0 Å². The maximum Gasteiger partial charge on any atom is 0.00886 e. The molecule has 0 radical (unpaired) electrons. The third-order valence-electron chi connectivity index (χ3n) is 1.48. The third kappa shape index (κ3) is 12.3. The Morgan fingerprint density at radius 1 is 0.583 bits per heavy atom. The monoisotopic (exact) mass is 168 g/mol. The maximum absolute atomic E-state index is 3.14. The van der Waals surface area contributed by atoms with Crippen molar-refractivity contribution < 1.29 is 0 Å². The van der Waals surface area contributed by atoms with Crippen LogP contribution in [-0.2, 0) is 0 Å². The van der Waals surface area contributed by atoms with Crippen LogP contribution in [0.2, 0.25) is 0 Å². The molecule has 0 amide bonds. The van der Waals surface area contributed by atoms with Gasteiger partial charge in [-0.2, -0.15) is 0 Å². The molecule has 72 valence electrons. The second kappa shape index (κ2) is 16.9. The molecule has 0 aromatic rings. The lowest BCUT2D eigenvalue weighted by molar-refractivity contribution is 0.652. The summed E-state index contributed by atoms with van der Waals surface area (Å²) >= 11 is 0. The highest BCUT2D eigenvalue weighted by Crippen LogP contribution is 2.06. The smallest absolute Gasteiger partial charge is 0.00886 e. The van der Waals surface area contributed by atoms with E-state index < -0.39 is 0 Å². The van der Waals surface area contributed by atoms with Crippen molar-refractivity contribution in [2.24, 2.45) is 0 Å². The molecule has 1 aliphatic rings. The summed E-state index contributed by atoms with van der Waals surface area (Å²) in [6.07, 6.45) is 7.73. The predicted octanol–water partition coefficient (Wildman–Crippen LogP) is 4.40. The summed E-state index contributed by atoms with van der Waals surface area (Å²) in [6, 6.07) is 0. The molecule has 1 rings (SSSR count). The van der Waals surface area contributed by atoms with Crippen LogP contribution in [0.25, 0.3) is 0 Å². The van der Waals surface area contributed by atoms with Gasteiger partial charge < -0.3 is 0 Å². The van der Waals surface area contributed by atoms with E-state index >= 15 is 0 Å². The standard InChI is InChI=1S/C8H12.2C2H6/c1-2-4-6-8-7-5-3-1;2*1-2/h1-6H2;2*1-2H3. The highest BCUT2D eigenvalue weighted by Gasteiger charge is 1.89. The van der Waals surface area contributed by atoms with Crippen LogP contribution >= 0.6 is 0 Å². The Kier molecular flexibility index (Phi) is 19.8. The highest BCUT2D eigenvalue weighted by molar-refractivity contribution is 4.99. The average Bonchev–Trinajstić information content (AvgIpc) is 2.10. The van der Waals surface area contributed by atoms with E-state index in [0.29, 0.717) is 0 Å². The predicted molar refractivity (Wildman–Crippen MR) is 58.2 cm³/mol. The first-order valence-electron chi connectivity index (χ1n) is 5.46. The van der Waals surface area contributed by atoms with Crippen molar-refractivity contribution in [2.75, 3.05) is 0 Å². The van der Waals surface area contributed by atoms with Crippen LogP contribution < -0.4 is 0 Å².